The van der Waals surface area contributed by atoms with Gasteiger partial charge in [0.1, 0.15) is 9.84 Å². The van der Waals surface area contributed by atoms with Crippen LogP contribution in [0.1, 0.15) is 52.4 Å². The van der Waals surface area contributed by atoms with E-state index in [1.807, 2.05) is 0 Å². The van der Waals surface area contributed by atoms with Gasteiger partial charge < -0.3 is 5.32 Å². The summed E-state index contributed by atoms with van der Waals surface area (Å²) in [7, 11) is -2.83. The molecule has 0 aromatic heterocycles. The van der Waals surface area contributed by atoms with Gasteiger partial charge in [-0.1, -0.05) is 26.7 Å². The summed E-state index contributed by atoms with van der Waals surface area (Å²) < 4.78 is 22.6. The van der Waals surface area contributed by atoms with Gasteiger partial charge in [0, 0.05) is 12.3 Å². The minimum atomic E-state index is -2.83. The Balaban J connectivity index is 2.49. The molecule has 0 amide bonds. The lowest BCUT2D eigenvalue weighted by Gasteiger charge is -2.25. The first-order valence-electron chi connectivity index (χ1n) is 7.37. The molecule has 1 aliphatic carbocycles. The van der Waals surface area contributed by atoms with Crippen molar-refractivity contribution < 1.29 is 8.42 Å². The van der Waals surface area contributed by atoms with Crippen LogP contribution in [0.25, 0.3) is 0 Å². The molecule has 3 unspecified atom stereocenters. The highest BCUT2D eigenvalue weighted by Gasteiger charge is 2.29. The third-order valence-corrected chi connectivity index (χ3v) is 5.16. The molecular formula is C14H29NO2S. The molecule has 3 atom stereocenters. The van der Waals surface area contributed by atoms with Gasteiger partial charge in [0.15, 0.2) is 0 Å². The molecule has 0 aromatic carbocycles. The summed E-state index contributed by atoms with van der Waals surface area (Å²) in [6, 6.07) is 0.399. The molecule has 18 heavy (non-hydrogen) atoms. The van der Waals surface area contributed by atoms with Gasteiger partial charge in [-0.3, -0.25) is 0 Å². The van der Waals surface area contributed by atoms with Crippen molar-refractivity contribution in [1.29, 1.82) is 0 Å². The summed E-state index contributed by atoms with van der Waals surface area (Å²) in [5.41, 5.74) is 0. The summed E-state index contributed by atoms with van der Waals surface area (Å²) in [5.74, 6) is 1.87. The summed E-state index contributed by atoms with van der Waals surface area (Å²) >= 11 is 0. The van der Waals surface area contributed by atoms with Crippen molar-refractivity contribution in [2.45, 2.75) is 58.4 Å². The lowest BCUT2D eigenvalue weighted by molar-refractivity contribution is 0.338. The second-order valence-corrected chi connectivity index (χ2v) is 8.09. The highest BCUT2D eigenvalue weighted by Crippen LogP contribution is 2.35. The smallest absolute Gasteiger partial charge is 0.147 e. The van der Waals surface area contributed by atoms with E-state index >= 15 is 0 Å². The maximum Gasteiger partial charge on any atom is 0.147 e. The minimum Gasteiger partial charge on any atom is -0.314 e. The summed E-state index contributed by atoms with van der Waals surface area (Å²) in [6.45, 7) is 5.42. The predicted octanol–water partition coefficient (Wildman–Crippen LogP) is 2.62. The second-order valence-electron chi connectivity index (χ2n) is 5.83. The third-order valence-electron chi connectivity index (χ3n) is 4.18. The van der Waals surface area contributed by atoms with Crippen molar-refractivity contribution >= 4 is 9.84 Å². The Morgan fingerprint density at radius 2 is 2.00 bits per heavy atom. The van der Waals surface area contributed by atoms with Crippen LogP contribution in [0.15, 0.2) is 0 Å². The lowest BCUT2D eigenvalue weighted by atomic mass is 9.94. The first-order valence-corrected chi connectivity index (χ1v) is 9.43. The maximum atomic E-state index is 11.3. The van der Waals surface area contributed by atoms with Crippen molar-refractivity contribution in [3.63, 3.8) is 0 Å². The van der Waals surface area contributed by atoms with Crippen LogP contribution >= 0.6 is 0 Å². The van der Waals surface area contributed by atoms with Crippen LogP contribution in [0.4, 0.5) is 0 Å². The molecule has 0 spiro atoms. The van der Waals surface area contributed by atoms with E-state index in [9.17, 15) is 8.42 Å². The zero-order valence-corrected chi connectivity index (χ0v) is 12.9. The molecule has 1 aliphatic rings. The average molecular weight is 275 g/mol. The largest absolute Gasteiger partial charge is 0.314 e. The molecular weight excluding hydrogens is 246 g/mol. The summed E-state index contributed by atoms with van der Waals surface area (Å²) in [4.78, 5) is 0. The molecule has 0 aromatic rings. The van der Waals surface area contributed by atoms with E-state index in [0.717, 1.165) is 25.3 Å². The average Bonchev–Trinajstić information content (AvgIpc) is 2.76. The quantitative estimate of drug-likeness (QED) is 0.740. The molecule has 0 aliphatic heterocycles. The van der Waals surface area contributed by atoms with Gasteiger partial charge in [0.05, 0.1) is 5.75 Å². The molecule has 1 saturated carbocycles. The molecule has 3 nitrogen and oxygen atoms in total. The van der Waals surface area contributed by atoms with Crippen molar-refractivity contribution in [3.8, 4) is 0 Å². The SMILES string of the molecule is CCCNC(CCS(C)(=O)=O)C1CCC(CC)C1. The zero-order valence-electron chi connectivity index (χ0n) is 12.1. The second kappa shape index (κ2) is 7.49. The van der Waals surface area contributed by atoms with E-state index in [-0.39, 0.29) is 0 Å². The van der Waals surface area contributed by atoms with Gasteiger partial charge in [-0.2, -0.15) is 0 Å². The van der Waals surface area contributed by atoms with Crippen LogP contribution < -0.4 is 5.32 Å². The number of hydrogen-bond acceptors (Lipinski definition) is 3. The predicted molar refractivity (Wildman–Crippen MR) is 77.5 cm³/mol. The lowest BCUT2D eigenvalue weighted by Crippen LogP contribution is -2.37. The van der Waals surface area contributed by atoms with Crippen LogP contribution in [0.3, 0.4) is 0 Å². The zero-order chi connectivity index (χ0) is 13.6. The van der Waals surface area contributed by atoms with Crippen molar-refractivity contribution in [2.75, 3.05) is 18.6 Å². The molecule has 108 valence electrons. The monoisotopic (exact) mass is 275 g/mol. The Kier molecular flexibility index (Phi) is 6.64. The standard InChI is InChI=1S/C14H29NO2S/c1-4-9-15-14(8-10-18(3,16)17)13-7-6-12(5-2)11-13/h12-15H,4-11H2,1-3H3. The number of nitrogens with one attached hydrogen (secondary N) is 1. The van der Waals surface area contributed by atoms with Gasteiger partial charge >= 0.3 is 0 Å². The van der Waals surface area contributed by atoms with E-state index in [4.69, 9.17) is 0 Å². The number of rotatable bonds is 8. The Morgan fingerprint density at radius 1 is 1.28 bits per heavy atom. The fourth-order valence-corrected chi connectivity index (χ4v) is 3.71. The van der Waals surface area contributed by atoms with Gasteiger partial charge in [-0.25, -0.2) is 8.42 Å². The number of sulfone groups is 1. The van der Waals surface area contributed by atoms with Crippen LogP contribution in [0.5, 0.6) is 0 Å². The maximum absolute atomic E-state index is 11.3. The first kappa shape index (κ1) is 16.0. The van der Waals surface area contributed by atoms with E-state index in [1.165, 1.54) is 31.9 Å². The van der Waals surface area contributed by atoms with Crippen LogP contribution in [-0.4, -0.2) is 33.0 Å². The van der Waals surface area contributed by atoms with Gasteiger partial charge in [-0.05, 0) is 44.1 Å². The number of hydrogen-bond donors (Lipinski definition) is 1. The minimum absolute atomic E-state index is 0.321. The topological polar surface area (TPSA) is 46.2 Å². The van der Waals surface area contributed by atoms with Crippen molar-refractivity contribution in [3.05, 3.63) is 0 Å². The van der Waals surface area contributed by atoms with Gasteiger partial charge in [0.25, 0.3) is 0 Å². The highest BCUT2D eigenvalue weighted by atomic mass is 32.2. The Hall–Kier alpha value is -0.0900. The highest BCUT2D eigenvalue weighted by molar-refractivity contribution is 7.90. The fourth-order valence-electron chi connectivity index (χ4n) is 3.03. The molecule has 1 fully saturated rings. The van der Waals surface area contributed by atoms with E-state index in [2.05, 4.69) is 19.2 Å². The van der Waals surface area contributed by atoms with Crippen molar-refractivity contribution in [2.24, 2.45) is 11.8 Å². The van der Waals surface area contributed by atoms with E-state index < -0.39 is 9.84 Å². The van der Waals surface area contributed by atoms with Crippen molar-refractivity contribution in [1.82, 2.24) is 5.32 Å². The molecule has 0 heterocycles. The van der Waals surface area contributed by atoms with Crippen LogP contribution in [-0.2, 0) is 9.84 Å². The molecule has 1 rings (SSSR count). The van der Waals surface area contributed by atoms with Gasteiger partial charge in [-0.15, -0.1) is 0 Å². The van der Waals surface area contributed by atoms with Crippen LogP contribution in [0.2, 0.25) is 0 Å². The Bertz CT molecular complexity index is 327. The molecule has 0 bridgehead atoms. The van der Waals surface area contributed by atoms with Crippen LogP contribution in [0, 0.1) is 11.8 Å². The summed E-state index contributed by atoms with van der Waals surface area (Å²) in [5, 5.41) is 3.56. The third kappa shape index (κ3) is 5.70. The fraction of sp³-hybridized carbons (Fsp3) is 1.00. The molecule has 0 radical (unpaired) electrons. The molecule has 1 N–H and O–H groups in total. The van der Waals surface area contributed by atoms with Gasteiger partial charge in [0.2, 0.25) is 0 Å². The van der Waals surface area contributed by atoms with E-state index in [1.54, 1.807) is 0 Å². The molecule has 0 saturated heterocycles. The Morgan fingerprint density at radius 3 is 2.50 bits per heavy atom. The normalized spacial score (nSPS) is 26.4. The summed E-state index contributed by atoms with van der Waals surface area (Å²) in [6.07, 6.45) is 8.37. The molecule has 4 heteroatoms. The first-order chi connectivity index (χ1) is 8.46. The Labute approximate surface area is 113 Å². The van der Waals surface area contributed by atoms with E-state index in [0.29, 0.717) is 17.7 Å².